The van der Waals surface area contributed by atoms with Gasteiger partial charge in [0.1, 0.15) is 5.82 Å². The Labute approximate surface area is 164 Å². The molecule has 0 amide bonds. The Morgan fingerprint density at radius 1 is 1.11 bits per heavy atom. The monoisotopic (exact) mass is 379 g/mol. The number of morpholine rings is 1. The Balaban J connectivity index is 1.34. The molecule has 28 heavy (non-hydrogen) atoms. The fraction of sp³-hybridized carbons (Fsp3) is 0.381. The molecule has 3 aromatic rings. The molecule has 0 radical (unpaired) electrons. The van der Waals surface area contributed by atoms with Gasteiger partial charge >= 0.3 is 0 Å². The zero-order chi connectivity index (χ0) is 19.2. The van der Waals surface area contributed by atoms with E-state index >= 15 is 0 Å². The highest BCUT2D eigenvalue weighted by Gasteiger charge is 2.20. The number of nitrogens with zero attached hydrogens (tertiary/aromatic N) is 4. The first-order chi connectivity index (χ1) is 13.8. The van der Waals surface area contributed by atoms with E-state index in [9.17, 15) is 0 Å². The maximum Gasteiger partial charge on any atom is 0.259 e. The lowest BCUT2D eigenvalue weighted by Crippen LogP contribution is -2.46. The molecule has 1 aliphatic rings. The molecule has 0 aliphatic carbocycles. The summed E-state index contributed by atoms with van der Waals surface area (Å²) in [5.41, 5.74) is 7.87. The Bertz CT molecular complexity index is 866. The molecule has 1 saturated heterocycles. The number of pyridine rings is 1. The lowest BCUT2D eigenvalue weighted by Gasteiger charge is -2.33. The predicted molar refractivity (Wildman–Crippen MR) is 107 cm³/mol. The summed E-state index contributed by atoms with van der Waals surface area (Å²) in [6.07, 6.45) is 4.62. The van der Waals surface area contributed by atoms with Crippen molar-refractivity contribution < 1.29 is 9.26 Å². The van der Waals surface area contributed by atoms with E-state index in [0.29, 0.717) is 19.0 Å². The number of ether oxygens (including phenoxy) is 1. The quantitative estimate of drug-likeness (QED) is 0.674. The molecule has 1 aromatic carbocycles. The first-order valence-electron chi connectivity index (χ1n) is 9.71. The van der Waals surface area contributed by atoms with E-state index in [4.69, 9.17) is 15.0 Å². The second kappa shape index (κ2) is 8.95. The first kappa shape index (κ1) is 18.6. The second-order valence-electron chi connectivity index (χ2n) is 6.93. The molecule has 146 valence electrons. The molecule has 0 unspecified atom stereocenters. The zero-order valence-corrected chi connectivity index (χ0v) is 15.8. The molecule has 2 N–H and O–H groups in total. The van der Waals surface area contributed by atoms with Crippen LogP contribution in [0.25, 0.3) is 11.5 Å². The lowest BCUT2D eigenvalue weighted by molar-refractivity contribution is 0.0463. The number of rotatable bonds is 7. The van der Waals surface area contributed by atoms with Gasteiger partial charge in [-0.25, -0.2) is 4.98 Å². The maximum absolute atomic E-state index is 5.71. The number of hydrogen-bond donors (Lipinski definition) is 1. The molecule has 0 spiro atoms. The molecule has 7 heteroatoms. The van der Waals surface area contributed by atoms with E-state index in [2.05, 4.69) is 44.3 Å². The van der Waals surface area contributed by atoms with Crippen LogP contribution in [0.15, 0.2) is 53.2 Å². The minimum absolute atomic E-state index is 0.0598. The van der Waals surface area contributed by atoms with Gasteiger partial charge in [-0.15, -0.1) is 0 Å². The largest absolute Gasteiger partial charge is 0.373 e. The standard InChI is InChI=1S/C21H25N5O2/c22-13-18-15-26(11-12-27-18)20-10-9-17(14-23-20)21-24-19(25-28-21)8-4-7-16-5-2-1-3-6-16/h1-3,5-6,9-10,14,18H,4,7-8,11-13,15,22H2/t18-/m0/s1. The molecular weight excluding hydrogens is 354 g/mol. The fourth-order valence-corrected chi connectivity index (χ4v) is 3.34. The highest BCUT2D eigenvalue weighted by molar-refractivity contribution is 5.54. The van der Waals surface area contributed by atoms with Crippen LogP contribution in [0.3, 0.4) is 0 Å². The summed E-state index contributed by atoms with van der Waals surface area (Å²) in [5.74, 6) is 2.15. The number of aryl methyl sites for hydroxylation is 2. The number of aromatic nitrogens is 3. The summed E-state index contributed by atoms with van der Waals surface area (Å²) in [6, 6.07) is 14.4. The SMILES string of the molecule is NC[C@H]1CN(c2ccc(-c3nc(CCCc4ccccc4)no3)cn2)CCO1. The van der Waals surface area contributed by atoms with Crippen LogP contribution in [0.4, 0.5) is 5.82 Å². The van der Waals surface area contributed by atoms with Crippen LogP contribution >= 0.6 is 0 Å². The molecule has 0 saturated carbocycles. The van der Waals surface area contributed by atoms with Crippen molar-refractivity contribution in [2.24, 2.45) is 5.73 Å². The van der Waals surface area contributed by atoms with Crippen molar-refractivity contribution in [2.75, 3.05) is 31.1 Å². The molecule has 1 fully saturated rings. The van der Waals surface area contributed by atoms with Crippen LogP contribution in [-0.2, 0) is 17.6 Å². The third kappa shape index (κ3) is 4.55. The van der Waals surface area contributed by atoms with Gasteiger partial charge in [-0.3, -0.25) is 0 Å². The number of anilines is 1. The molecule has 0 bridgehead atoms. The van der Waals surface area contributed by atoms with Crippen molar-refractivity contribution in [1.82, 2.24) is 15.1 Å². The van der Waals surface area contributed by atoms with Crippen molar-refractivity contribution in [2.45, 2.75) is 25.4 Å². The minimum atomic E-state index is 0.0598. The van der Waals surface area contributed by atoms with Gasteiger partial charge in [0.2, 0.25) is 0 Å². The van der Waals surface area contributed by atoms with Crippen LogP contribution in [0.5, 0.6) is 0 Å². The van der Waals surface area contributed by atoms with E-state index in [1.54, 1.807) is 6.20 Å². The Morgan fingerprint density at radius 3 is 2.79 bits per heavy atom. The van der Waals surface area contributed by atoms with E-state index in [0.717, 1.165) is 49.6 Å². The van der Waals surface area contributed by atoms with Crippen molar-refractivity contribution in [1.29, 1.82) is 0 Å². The van der Waals surface area contributed by atoms with Gasteiger partial charge in [0.25, 0.3) is 5.89 Å². The highest BCUT2D eigenvalue weighted by atomic mass is 16.5. The van der Waals surface area contributed by atoms with Gasteiger partial charge in [-0.05, 0) is 30.5 Å². The smallest absolute Gasteiger partial charge is 0.259 e. The fourth-order valence-electron chi connectivity index (χ4n) is 3.34. The van der Waals surface area contributed by atoms with Crippen LogP contribution in [0.2, 0.25) is 0 Å². The normalized spacial score (nSPS) is 17.0. The van der Waals surface area contributed by atoms with Crippen molar-refractivity contribution in [3.05, 3.63) is 60.0 Å². The summed E-state index contributed by atoms with van der Waals surface area (Å²) in [5, 5.41) is 4.10. The molecule has 1 atom stereocenters. The number of nitrogens with two attached hydrogens (primary N) is 1. The maximum atomic E-state index is 5.71. The van der Waals surface area contributed by atoms with Gasteiger partial charge in [-0.2, -0.15) is 4.98 Å². The van der Waals surface area contributed by atoms with E-state index in [1.165, 1.54) is 5.56 Å². The van der Waals surface area contributed by atoms with Crippen molar-refractivity contribution in [3.63, 3.8) is 0 Å². The van der Waals surface area contributed by atoms with Gasteiger partial charge in [0.05, 0.1) is 18.3 Å². The third-order valence-electron chi connectivity index (χ3n) is 4.90. The second-order valence-corrected chi connectivity index (χ2v) is 6.93. The summed E-state index contributed by atoms with van der Waals surface area (Å²) < 4.78 is 11.0. The predicted octanol–water partition coefficient (Wildman–Crippen LogP) is 2.47. The lowest BCUT2D eigenvalue weighted by atomic mass is 10.1. The van der Waals surface area contributed by atoms with Crippen LogP contribution in [0, 0.1) is 0 Å². The third-order valence-corrected chi connectivity index (χ3v) is 4.90. The summed E-state index contributed by atoms with van der Waals surface area (Å²) in [7, 11) is 0. The topological polar surface area (TPSA) is 90.3 Å². The van der Waals surface area contributed by atoms with Crippen LogP contribution < -0.4 is 10.6 Å². The molecule has 2 aromatic heterocycles. The molecular formula is C21H25N5O2. The van der Waals surface area contributed by atoms with Gasteiger partial charge < -0.3 is 19.9 Å². The van der Waals surface area contributed by atoms with Gasteiger partial charge in [0, 0.05) is 32.3 Å². The van der Waals surface area contributed by atoms with Gasteiger partial charge in [-0.1, -0.05) is 35.5 Å². The summed E-state index contributed by atoms with van der Waals surface area (Å²) >= 11 is 0. The summed E-state index contributed by atoms with van der Waals surface area (Å²) in [4.78, 5) is 11.3. The zero-order valence-electron chi connectivity index (χ0n) is 15.8. The van der Waals surface area contributed by atoms with Crippen LogP contribution in [-0.4, -0.2) is 47.5 Å². The number of hydrogen-bond acceptors (Lipinski definition) is 7. The Kier molecular flexibility index (Phi) is 5.94. The van der Waals surface area contributed by atoms with Crippen LogP contribution in [0.1, 0.15) is 17.8 Å². The molecule has 3 heterocycles. The van der Waals surface area contributed by atoms with Crippen molar-refractivity contribution in [3.8, 4) is 11.5 Å². The first-order valence-corrected chi connectivity index (χ1v) is 9.71. The number of benzene rings is 1. The minimum Gasteiger partial charge on any atom is -0.373 e. The van der Waals surface area contributed by atoms with E-state index < -0.39 is 0 Å². The Morgan fingerprint density at radius 2 is 2.00 bits per heavy atom. The highest BCUT2D eigenvalue weighted by Crippen LogP contribution is 2.21. The van der Waals surface area contributed by atoms with Gasteiger partial charge in [0.15, 0.2) is 5.82 Å². The van der Waals surface area contributed by atoms with E-state index in [1.807, 2.05) is 18.2 Å². The average molecular weight is 379 g/mol. The molecule has 4 rings (SSSR count). The van der Waals surface area contributed by atoms with Crippen molar-refractivity contribution >= 4 is 5.82 Å². The summed E-state index contributed by atoms with van der Waals surface area (Å²) in [6.45, 7) is 2.76. The Hall–Kier alpha value is -2.77. The molecule has 1 aliphatic heterocycles. The average Bonchev–Trinajstić information content (AvgIpc) is 3.24. The van der Waals surface area contributed by atoms with E-state index in [-0.39, 0.29) is 6.10 Å². The molecule has 7 nitrogen and oxygen atoms in total.